The summed E-state index contributed by atoms with van der Waals surface area (Å²) >= 11 is 0. The van der Waals surface area contributed by atoms with Crippen LogP contribution in [0, 0.1) is 12.3 Å². The average molecular weight is 445 g/mol. The molecule has 0 unspecified atom stereocenters. The van der Waals surface area contributed by atoms with E-state index in [1.54, 1.807) is 30.3 Å². The molecule has 0 aliphatic heterocycles. The number of rotatable bonds is 11. The van der Waals surface area contributed by atoms with E-state index in [4.69, 9.17) is 9.47 Å². The van der Waals surface area contributed by atoms with Gasteiger partial charge in [0.2, 0.25) is 9.84 Å². The van der Waals surface area contributed by atoms with Crippen molar-refractivity contribution in [2.45, 2.75) is 51.3 Å². The van der Waals surface area contributed by atoms with Crippen molar-refractivity contribution in [2.24, 2.45) is 5.41 Å². The van der Waals surface area contributed by atoms with Gasteiger partial charge >= 0.3 is 5.97 Å². The Balaban J connectivity index is 2.00. The number of esters is 1. The third-order valence-electron chi connectivity index (χ3n) is 5.27. The maximum Gasteiger partial charge on any atom is 0.311 e. The molecule has 0 saturated carbocycles. The third kappa shape index (κ3) is 6.69. The van der Waals surface area contributed by atoms with E-state index in [0.717, 1.165) is 16.9 Å². The summed E-state index contributed by atoms with van der Waals surface area (Å²) in [4.78, 5) is 12.3. The maximum absolute atomic E-state index is 12.7. The van der Waals surface area contributed by atoms with Crippen LogP contribution in [0.5, 0.6) is 5.75 Å². The van der Waals surface area contributed by atoms with E-state index in [9.17, 15) is 13.2 Å². The number of hydrogen-bond donors (Lipinski definition) is 0. The Kier molecular flexibility index (Phi) is 8.45. The predicted molar refractivity (Wildman–Crippen MR) is 123 cm³/mol. The highest BCUT2D eigenvalue weighted by molar-refractivity contribution is 7.95. The molecular formula is C25H32O5S. The molecule has 0 aliphatic rings. The molecule has 0 aliphatic carbocycles. The van der Waals surface area contributed by atoms with Crippen LogP contribution >= 0.6 is 0 Å². The lowest BCUT2D eigenvalue weighted by Gasteiger charge is -2.21. The molecule has 2 rings (SSSR count). The highest BCUT2D eigenvalue weighted by Gasteiger charge is 2.28. The molecule has 0 spiro atoms. The van der Waals surface area contributed by atoms with Crippen molar-refractivity contribution in [2.75, 3.05) is 13.7 Å². The van der Waals surface area contributed by atoms with Gasteiger partial charge in [0.1, 0.15) is 5.75 Å². The first-order chi connectivity index (χ1) is 14.6. The number of hydrogen-bond acceptors (Lipinski definition) is 5. The molecule has 168 valence electrons. The van der Waals surface area contributed by atoms with Crippen molar-refractivity contribution in [3.05, 3.63) is 71.1 Å². The monoisotopic (exact) mass is 444 g/mol. The SMILES string of the molecule is C=C(CCc1ccc(C)cc1OCCCC(C)(C)C(=O)OC)S(=O)(=O)c1ccccc1. The van der Waals surface area contributed by atoms with Gasteiger partial charge in [0.25, 0.3) is 0 Å². The summed E-state index contributed by atoms with van der Waals surface area (Å²) < 4.78 is 36.3. The van der Waals surface area contributed by atoms with Gasteiger partial charge in [0.05, 0.1) is 24.0 Å². The molecule has 0 aromatic heterocycles. The number of aryl methyl sites for hydroxylation is 2. The molecule has 0 heterocycles. The van der Waals surface area contributed by atoms with Crippen LogP contribution in [-0.4, -0.2) is 28.1 Å². The molecule has 6 heteroatoms. The lowest BCUT2D eigenvalue weighted by atomic mass is 9.88. The van der Waals surface area contributed by atoms with E-state index in [0.29, 0.717) is 32.3 Å². The zero-order valence-corrected chi connectivity index (χ0v) is 19.6. The molecule has 0 amide bonds. The molecule has 5 nitrogen and oxygen atoms in total. The van der Waals surface area contributed by atoms with E-state index in [2.05, 4.69) is 6.58 Å². The van der Waals surface area contributed by atoms with Gasteiger partial charge in [-0.3, -0.25) is 4.79 Å². The van der Waals surface area contributed by atoms with Gasteiger partial charge in [-0.2, -0.15) is 0 Å². The van der Waals surface area contributed by atoms with Crippen molar-refractivity contribution in [1.29, 1.82) is 0 Å². The second kappa shape index (κ2) is 10.6. The van der Waals surface area contributed by atoms with Gasteiger partial charge in [0, 0.05) is 4.91 Å². The molecule has 0 fully saturated rings. The molecule has 2 aromatic carbocycles. The number of carbonyl (C=O) groups excluding carboxylic acids is 1. The van der Waals surface area contributed by atoms with Crippen LogP contribution in [0.1, 0.15) is 44.2 Å². The Labute approximate surface area is 186 Å². The predicted octanol–water partition coefficient (Wildman–Crippen LogP) is 5.27. The quantitative estimate of drug-likeness (QED) is 0.349. The lowest BCUT2D eigenvalue weighted by molar-refractivity contribution is -0.151. The summed E-state index contributed by atoms with van der Waals surface area (Å²) in [5.74, 6) is 0.502. The maximum atomic E-state index is 12.7. The molecule has 0 atom stereocenters. The minimum Gasteiger partial charge on any atom is -0.493 e. The van der Waals surface area contributed by atoms with Crippen LogP contribution in [0.4, 0.5) is 0 Å². The Morgan fingerprint density at radius 2 is 1.77 bits per heavy atom. The lowest BCUT2D eigenvalue weighted by Crippen LogP contribution is -2.26. The van der Waals surface area contributed by atoms with Crippen molar-refractivity contribution in [1.82, 2.24) is 0 Å². The zero-order chi connectivity index (χ0) is 23.1. The highest BCUT2D eigenvalue weighted by Crippen LogP contribution is 2.28. The number of allylic oxidation sites excluding steroid dienone is 1. The second-order valence-electron chi connectivity index (χ2n) is 8.29. The largest absolute Gasteiger partial charge is 0.493 e. The second-order valence-corrected chi connectivity index (χ2v) is 10.3. The smallest absolute Gasteiger partial charge is 0.311 e. The zero-order valence-electron chi connectivity index (χ0n) is 18.8. The summed E-state index contributed by atoms with van der Waals surface area (Å²) in [5.41, 5.74) is 1.43. The Bertz CT molecular complexity index is 1010. The minimum atomic E-state index is -3.56. The van der Waals surface area contributed by atoms with Crippen LogP contribution in [-0.2, 0) is 25.8 Å². The molecule has 0 radical (unpaired) electrons. The summed E-state index contributed by atoms with van der Waals surface area (Å²) in [6, 6.07) is 14.2. The van der Waals surface area contributed by atoms with Gasteiger partial charge in [0.15, 0.2) is 0 Å². The fourth-order valence-electron chi connectivity index (χ4n) is 3.25. The number of sulfone groups is 1. The Hall–Kier alpha value is -2.60. The van der Waals surface area contributed by atoms with Crippen LogP contribution < -0.4 is 4.74 Å². The highest BCUT2D eigenvalue weighted by atomic mass is 32.2. The van der Waals surface area contributed by atoms with Crippen molar-refractivity contribution < 1.29 is 22.7 Å². The van der Waals surface area contributed by atoms with Crippen molar-refractivity contribution in [3.8, 4) is 5.75 Å². The molecule has 0 N–H and O–H groups in total. The van der Waals surface area contributed by atoms with E-state index in [1.165, 1.54) is 7.11 Å². The molecule has 31 heavy (non-hydrogen) atoms. The number of benzene rings is 2. The average Bonchev–Trinajstić information content (AvgIpc) is 2.75. The Morgan fingerprint density at radius 3 is 2.42 bits per heavy atom. The fourth-order valence-corrected chi connectivity index (χ4v) is 4.47. The molecular weight excluding hydrogens is 412 g/mol. The van der Waals surface area contributed by atoms with Gasteiger partial charge in [-0.1, -0.05) is 36.9 Å². The van der Waals surface area contributed by atoms with E-state index < -0.39 is 15.3 Å². The number of ether oxygens (including phenoxy) is 2. The van der Waals surface area contributed by atoms with Crippen LogP contribution in [0.2, 0.25) is 0 Å². The third-order valence-corrected chi connectivity index (χ3v) is 7.13. The molecule has 0 saturated heterocycles. The van der Waals surface area contributed by atoms with E-state index in [-0.39, 0.29) is 15.8 Å². The normalized spacial score (nSPS) is 11.7. The first kappa shape index (κ1) is 24.7. The number of methoxy groups -OCH3 is 1. The first-order valence-corrected chi connectivity index (χ1v) is 11.8. The van der Waals surface area contributed by atoms with Gasteiger partial charge in [-0.05, 0) is 75.8 Å². The summed E-state index contributed by atoms with van der Waals surface area (Å²) in [6.45, 7) is 9.97. The minimum absolute atomic E-state index is 0.185. The topological polar surface area (TPSA) is 69.7 Å². The standard InChI is InChI=1S/C25H32O5S/c1-19-12-14-21(15-13-20(2)31(27,28)22-10-7-6-8-11-22)23(18-19)30-17-9-16-25(3,4)24(26)29-5/h6-8,10-12,14,18H,2,9,13,15-17H2,1,3-5H3. The first-order valence-electron chi connectivity index (χ1n) is 10.4. The van der Waals surface area contributed by atoms with Crippen molar-refractivity contribution >= 4 is 15.8 Å². The Morgan fingerprint density at radius 1 is 1.10 bits per heavy atom. The van der Waals surface area contributed by atoms with E-state index >= 15 is 0 Å². The van der Waals surface area contributed by atoms with Gasteiger partial charge in [-0.15, -0.1) is 0 Å². The van der Waals surface area contributed by atoms with Crippen LogP contribution in [0.25, 0.3) is 0 Å². The molecule has 0 bridgehead atoms. The van der Waals surface area contributed by atoms with Gasteiger partial charge < -0.3 is 9.47 Å². The van der Waals surface area contributed by atoms with E-state index in [1.807, 2.05) is 39.0 Å². The summed E-state index contributed by atoms with van der Waals surface area (Å²) in [7, 11) is -2.16. The van der Waals surface area contributed by atoms with Crippen molar-refractivity contribution in [3.63, 3.8) is 0 Å². The molecule has 2 aromatic rings. The number of carbonyl (C=O) groups is 1. The fraction of sp³-hybridized carbons (Fsp3) is 0.400. The van der Waals surface area contributed by atoms with Gasteiger partial charge in [-0.25, -0.2) is 8.42 Å². The summed E-state index contributed by atoms with van der Waals surface area (Å²) in [6.07, 6.45) is 2.16. The summed E-state index contributed by atoms with van der Waals surface area (Å²) in [5, 5.41) is 0. The van der Waals surface area contributed by atoms with Crippen LogP contribution in [0.3, 0.4) is 0 Å². The van der Waals surface area contributed by atoms with Crippen LogP contribution in [0.15, 0.2) is 64.9 Å².